The van der Waals surface area contributed by atoms with Gasteiger partial charge in [0, 0.05) is 12.8 Å². The van der Waals surface area contributed by atoms with Crippen LogP contribution in [0.3, 0.4) is 0 Å². The molecule has 2 rings (SSSR count). The number of carbonyl (C=O) groups excluding carboxylic acids is 1. The zero-order valence-corrected chi connectivity index (χ0v) is 12.8. The van der Waals surface area contributed by atoms with Crippen molar-refractivity contribution in [3.63, 3.8) is 0 Å². The Balaban J connectivity index is 2.11. The minimum atomic E-state index is -0.928. The number of esters is 1. The number of hydrogen-bond donors (Lipinski definition) is 1. The smallest absolute Gasteiger partial charge is 0.335 e. The first-order chi connectivity index (χ1) is 10.5. The van der Waals surface area contributed by atoms with Crippen molar-refractivity contribution in [2.45, 2.75) is 39.2 Å². The largest absolute Gasteiger partial charge is 0.478 e. The predicted molar refractivity (Wildman–Crippen MR) is 85.1 cm³/mol. The fourth-order valence-corrected chi connectivity index (χ4v) is 2.42. The molecule has 22 heavy (non-hydrogen) atoms. The van der Waals surface area contributed by atoms with Gasteiger partial charge < -0.3 is 9.84 Å². The molecule has 116 valence electrons. The van der Waals surface area contributed by atoms with E-state index in [9.17, 15) is 9.59 Å². The molecule has 0 amide bonds. The highest BCUT2D eigenvalue weighted by Crippen LogP contribution is 2.19. The second-order valence-corrected chi connectivity index (χ2v) is 5.46. The molecule has 1 atom stereocenters. The van der Waals surface area contributed by atoms with Gasteiger partial charge in [0.1, 0.15) is 6.10 Å². The molecule has 2 aromatic rings. The Morgan fingerprint density at radius 2 is 1.82 bits per heavy atom. The van der Waals surface area contributed by atoms with Gasteiger partial charge in [-0.1, -0.05) is 31.2 Å². The van der Waals surface area contributed by atoms with Gasteiger partial charge in [-0.25, -0.2) is 4.79 Å². The van der Waals surface area contributed by atoms with Gasteiger partial charge in [-0.3, -0.25) is 4.79 Å². The van der Waals surface area contributed by atoms with E-state index in [0.29, 0.717) is 12.8 Å². The number of carbonyl (C=O) groups is 2. The number of ether oxygens (including phenoxy) is 1. The van der Waals surface area contributed by atoms with Crippen LogP contribution in [0, 0.1) is 0 Å². The van der Waals surface area contributed by atoms with Crippen LogP contribution in [0.5, 0.6) is 0 Å². The van der Waals surface area contributed by atoms with E-state index < -0.39 is 5.97 Å². The minimum Gasteiger partial charge on any atom is -0.478 e. The summed E-state index contributed by atoms with van der Waals surface area (Å²) >= 11 is 0. The van der Waals surface area contributed by atoms with E-state index >= 15 is 0 Å². The molecule has 0 saturated carbocycles. The second kappa shape index (κ2) is 7.07. The maximum Gasteiger partial charge on any atom is 0.335 e. The third-order valence-electron chi connectivity index (χ3n) is 3.46. The summed E-state index contributed by atoms with van der Waals surface area (Å²) in [7, 11) is 0. The van der Waals surface area contributed by atoms with E-state index in [1.165, 1.54) is 0 Å². The van der Waals surface area contributed by atoms with Crippen LogP contribution in [0.15, 0.2) is 36.4 Å². The van der Waals surface area contributed by atoms with Gasteiger partial charge in [0.25, 0.3) is 0 Å². The maximum absolute atomic E-state index is 11.5. The van der Waals surface area contributed by atoms with Crippen molar-refractivity contribution in [1.29, 1.82) is 0 Å². The fraction of sp³-hybridized carbons (Fsp3) is 0.333. The normalized spacial score (nSPS) is 12.1. The highest BCUT2D eigenvalue weighted by Gasteiger charge is 2.10. The molecule has 0 heterocycles. The van der Waals surface area contributed by atoms with Crippen LogP contribution in [0.2, 0.25) is 0 Å². The maximum atomic E-state index is 11.5. The van der Waals surface area contributed by atoms with E-state index in [4.69, 9.17) is 9.84 Å². The summed E-state index contributed by atoms with van der Waals surface area (Å²) in [5.41, 5.74) is 1.34. The lowest BCUT2D eigenvalue weighted by molar-refractivity contribution is -0.148. The highest BCUT2D eigenvalue weighted by atomic mass is 16.5. The lowest BCUT2D eigenvalue weighted by Gasteiger charge is -2.13. The Morgan fingerprint density at radius 1 is 1.14 bits per heavy atom. The molecular weight excluding hydrogens is 280 g/mol. The molecule has 1 unspecified atom stereocenters. The van der Waals surface area contributed by atoms with Crippen LogP contribution in [0.25, 0.3) is 10.8 Å². The van der Waals surface area contributed by atoms with Gasteiger partial charge in [0.15, 0.2) is 0 Å². The van der Waals surface area contributed by atoms with Crippen LogP contribution in [0.1, 0.15) is 42.6 Å². The average molecular weight is 300 g/mol. The molecule has 0 bridgehead atoms. The monoisotopic (exact) mass is 300 g/mol. The fourth-order valence-electron chi connectivity index (χ4n) is 2.42. The van der Waals surface area contributed by atoms with E-state index in [1.807, 2.05) is 32.0 Å². The summed E-state index contributed by atoms with van der Waals surface area (Å²) in [5, 5.41) is 10.9. The lowest BCUT2D eigenvalue weighted by atomic mass is 10.0. The number of rotatable bonds is 6. The lowest BCUT2D eigenvalue weighted by Crippen LogP contribution is -2.16. The van der Waals surface area contributed by atoms with Gasteiger partial charge >= 0.3 is 11.9 Å². The van der Waals surface area contributed by atoms with E-state index in [0.717, 1.165) is 22.8 Å². The Bertz CT molecular complexity index is 691. The molecule has 0 fully saturated rings. The predicted octanol–water partition coefficient (Wildman–Crippen LogP) is 3.81. The van der Waals surface area contributed by atoms with Crippen LogP contribution < -0.4 is 0 Å². The molecule has 0 aliphatic carbocycles. The standard InChI is InChI=1S/C18H20O4/c1-3-4-17(19)22-12(2)9-13-5-6-15-11-16(18(20)21)8-7-14(15)10-13/h5-8,10-12H,3-4,9H2,1-2H3,(H,20,21). The van der Waals surface area contributed by atoms with Crippen LogP contribution in [0.4, 0.5) is 0 Å². The number of aromatic carboxylic acids is 1. The molecular formula is C18H20O4. The molecule has 0 aliphatic heterocycles. The third-order valence-corrected chi connectivity index (χ3v) is 3.46. The average Bonchev–Trinajstić information content (AvgIpc) is 2.46. The van der Waals surface area contributed by atoms with Gasteiger partial charge in [-0.05, 0) is 41.8 Å². The number of benzene rings is 2. The van der Waals surface area contributed by atoms with Crippen molar-refractivity contribution in [3.05, 3.63) is 47.5 Å². The Hall–Kier alpha value is -2.36. The summed E-state index contributed by atoms with van der Waals surface area (Å²) in [6, 6.07) is 10.9. The zero-order valence-electron chi connectivity index (χ0n) is 12.8. The quantitative estimate of drug-likeness (QED) is 0.824. The molecule has 1 N–H and O–H groups in total. The van der Waals surface area contributed by atoms with Crippen molar-refractivity contribution in [1.82, 2.24) is 0 Å². The third kappa shape index (κ3) is 4.07. The molecule has 0 radical (unpaired) electrons. The Kier molecular flexibility index (Phi) is 5.15. The zero-order chi connectivity index (χ0) is 16.1. The number of carboxylic acids is 1. The van der Waals surface area contributed by atoms with E-state index in [1.54, 1.807) is 18.2 Å². The molecule has 4 heteroatoms. The van der Waals surface area contributed by atoms with E-state index in [2.05, 4.69) is 0 Å². The number of carboxylic acid groups (broad SMARTS) is 1. The summed E-state index contributed by atoms with van der Waals surface area (Å²) in [5.74, 6) is -1.09. The molecule has 0 spiro atoms. The SMILES string of the molecule is CCCC(=O)OC(C)Cc1ccc2cc(C(=O)O)ccc2c1. The first kappa shape index (κ1) is 16.0. The van der Waals surface area contributed by atoms with Gasteiger partial charge in [-0.15, -0.1) is 0 Å². The van der Waals surface area contributed by atoms with Crippen molar-refractivity contribution in [3.8, 4) is 0 Å². The summed E-state index contributed by atoms with van der Waals surface area (Å²) in [6.45, 7) is 3.83. The Labute approximate surface area is 129 Å². The highest BCUT2D eigenvalue weighted by molar-refractivity contribution is 5.94. The second-order valence-electron chi connectivity index (χ2n) is 5.46. The first-order valence-electron chi connectivity index (χ1n) is 7.45. The van der Waals surface area contributed by atoms with Crippen LogP contribution in [-0.2, 0) is 16.0 Å². The summed E-state index contributed by atoms with van der Waals surface area (Å²) in [4.78, 5) is 22.4. The van der Waals surface area contributed by atoms with Crippen molar-refractivity contribution < 1.29 is 19.4 Å². The first-order valence-corrected chi connectivity index (χ1v) is 7.45. The van der Waals surface area contributed by atoms with Gasteiger partial charge in [0.2, 0.25) is 0 Å². The van der Waals surface area contributed by atoms with Crippen molar-refractivity contribution in [2.24, 2.45) is 0 Å². The Morgan fingerprint density at radius 3 is 2.50 bits per heavy atom. The summed E-state index contributed by atoms with van der Waals surface area (Å²) < 4.78 is 5.34. The van der Waals surface area contributed by atoms with Gasteiger partial charge in [-0.2, -0.15) is 0 Å². The topological polar surface area (TPSA) is 63.6 Å². The van der Waals surface area contributed by atoms with Crippen LogP contribution >= 0.6 is 0 Å². The molecule has 2 aromatic carbocycles. The molecule has 0 aromatic heterocycles. The number of hydrogen-bond acceptors (Lipinski definition) is 3. The van der Waals surface area contributed by atoms with Gasteiger partial charge in [0.05, 0.1) is 5.56 Å². The van der Waals surface area contributed by atoms with Crippen LogP contribution in [-0.4, -0.2) is 23.1 Å². The van der Waals surface area contributed by atoms with Crippen molar-refractivity contribution >= 4 is 22.7 Å². The molecule has 4 nitrogen and oxygen atoms in total. The molecule has 0 aliphatic rings. The number of fused-ring (bicyclic) bond motifs is 1. The van der Waals surface area contributed by atoms with Crippen molar-refractivity contribution in [2.75, 3.05) is 0 Å². The van der Waals surface area contributed by atoms with E-state index in [-0.39, 0.29) is 17.6 Å². The molecule has 0 saturated heterocycles. The minimum absolute atomic E-state index is 0.165. The summed E-state index contributed by atoms with van der Waals surface area (Å²) in [6.07, 6.45) is 1.70.